The molecule has 6 heteroatoms. The second kappa shape index (κ2) is 7.84. The number of rotatable bonds is 5. The van der Waals surface area contributed by atoms with Crippen LogP contribution < -0.4 is 15.5 Å². The molecule has 6 nitrogen and oxygen atoms in total. The molecule has 0 radical (unpaired) electrons. The molecule has 2 aromatic heterocycles. The molecule has 1 unspecified atom stereocenters. The van der Waals surface area contributed by atoms with Crippen LogP contribution in [0.15, 0.2) is 45.7 Å². The zero-order valence-corrected chi connectivity index (χ0v) is 18.5. The molecule has 0 bridgehead atoms. The highest BCUT2D eigenvalue weighted by atomic mass is 16.4. The SMILES string of the molecule is Cc1cc(-c2cc3cc4c(cc3oc2=O)N(CCCC(=O)O)C(C)(C)CC4C)cc[nH+]1. The van der Waals surface area contributed by atoms with Gasteiger partial charge in [0.2, 0.25) is 0 Å². The molecular weight excluding hydrogens is 392 g/mol. The molecule has 4 rings (SSSR count). The molecule has 0 saturated heterocycles. The molecule has 3 aromatic rings. The number of benzene rings is 1. The van der Waals surface area contributed by atoms with Crippen molar-refractivity contribution >= 4 is 22.6 Å². The van der Waals surface area contributed by atoms with E-state index in [0.717, 1.165) is 28.8 Å². The monoisotopic (exact) mass is 421 g/mol. The van der Waals surface area contributed by atoms with E-state index in [4.69, 9.17) is 9.52 Å². The van der Waals surface area contributed by atoms with Gasteiger partial charge in [-0.2, -0.15) is 0 Å². The first-order chi connectivity index (χ1) is 14.7. The number of hydrogen-bond donors (Lipinski definition) is 1. The van der Waals surface area contributed by atoms with Crippen molar-refractivity contribution < 1.29 is 19.3 Å². The van der Waals surface area contributed by atoms with Crippen LogP contribution in [0.25, 0.3) is 22.1 Å². The molecule has 0 aliphatic carbocycles. The first-order valence-corrected chi connectivity index (χ1v) is 10.8. The number of hydrogen-bond acceptors (Lipinski definition) is 4. The Hall–Kier alpha value is -3.15. The van der Waals surface area contributed by atoms with Gasteiger partial charge >= 0.3 is 11.6 Å². The van der Waals surface area contributed by atoms with Gasteiger partial charge in [-0.05, 0) is 50.3 Å². The molecule has 1 aromatic carbocycles. The molecular formula is C25H29N2O4+. The van der Waals surface area contributed by atoms with E-state index in [1.807, 2.05) is 37.4 Å². The summed E-state index contributed by atoms with van der Waals surface area (Å²) in [4.78, 5) is 29.2. The van der Waals surface area contributed by atoms with Gasteiger partial charge in [0, 0.05) is 60.3 Å². The fourth-order valence-electron chi connectivity index (χ4n) is 4.86. The van der Waals surface area contributed by atoms with Gasteiger partial charge < -0.3 is 14.4 Å². The van der Waals surface area contributed by atoms with Gasteiger partial charge in [0.25, 0.3) is 0 Å². The number of H-pyrrole nitrogens is 1. The fourth-order valence-corrected chi connectivity index (χ4v) is 4.86. The van der Waals surface area contributed by atoms with E-state index < -0.39 is 5.97 Å². The number of pyridine rings is 1. The lowest BCUT2D eigenvalue weighted by molar-refractivity contribution is -0.387. The Morgan fingerprint density at radius 1 is 1.29 bits per heavy atom. The third-order valence-electron chi connectivity index (χ3n) is 6.27. The maximum Gasteiger partial charge on any atom is 0.344 e. The van der Waals surface area contributed by atoms with Crippen LogP contribution in [0.5, 0.6) is 0 Å². The van der Waals surface area contributed by atoms with Gasteiger partial charge in [-0.25, -0.2) is 9.78 Å². The highest BCUT2D eigenvalue weighted by Gasteiger charge is 2.36. The van der Waals surface area contributed by atoms with Crippen LogP contribution in [0, 0.1) is 6.92 Å². The van der Waals surface area contributed by atoms with Gasteiger partial charge in [0.1, 0.15) is 5.58 Å². The van der Waals surface area contributed by atoms with Crippen molar-refractivity contribution in [3.63, 3.8) is 0 Å². The summed E-state index contributed by atoms with van der Waals surface area (Å²) in [7, 11) is 0. The quantitative estimate of drug-likeness (QED) is 0.612. The number of fused-ring (bicyclic) bond motifs is 2. The smallest absolute Gasteiger partial charge is 0.344 e. The molecule has 1 atom stereocenters. The Labute approximate surface area is 181 Å². The molecule has 31 heavy (non-hydrogen) atoms. The number of nitrogens with one attached hydrogen (secondary N) is 1. The molecule has 0 saturated carbocycles. The lowest BCUT2D eigenvalue weighted by Crippen LogP contribution is -2.48. The van der Waals surface area contributed by atoms with Crippen LogP contribution in [0.4, 0.5) is 5.69 Å². The number of nitrogens with zero attached hydrogens (tertiary/aromatic N) is 1. The Morgan fingerprint density at radius 3 is 2.77 bits per heavy atom. The van der Waals surface area contributed by atoms with E-state index in [0.29, 0.717) is 30.0 Å². The maximum absolute atomic E-state index is 12.8. The van der Waals surface area contributed by atoms with Gasteiger partial charge in [-0.15, -0.1) is 0 Å². The van der Waals surface area contributed by atoms with Crippen LogP contribution in [0.1, 0.15) is 57.2 Å². The number of anilines is 1. The summed E-state index contributed by atoms with van der Waals surface area (Å²) in [6.45, 7) is 9.19. The Kier molecular flexibility index (Phi) is 5.33. The van der Waals surface area contributed by atoms with Gasteiger partial charge in [-0.1, -0.05) is 6.92 Å². The van der Waals surface area contributed by atoms with Crippen molar-refractivity contribution in [3.05, 3.63) is 58.2 Å². The molecule has 2 N–H and O–H groups in total. The lowest BCUT2D eigenvalue weighted by Gasteiger charge is -2.47. The summed E-state index contributed by atoms with van der Waals surface area (Å²) in [6.07, 6.45) is 3.49. The zero-order valence-electron chi connectivity index (χ0n) is 18.5. The van der Waals surface area contributed by atoms with Crippen molar-refractivity contribution in [2.75, 3.05) is 11.4 Å². The van der Waals surface area contributed by atoms with Crippen molar-refractivity contribution in [2.45, 2.75) is 58.4 Å². The Bertz CT molecular complexity index is 1210. The molecule has 0 fully saturated rings. The summed E-state index contributed by atoms with van der Waals surface area (Å²) < 4.78 is 5.76. The fraction of sp³-hybridized carbons (Fsp3) is 0.400. The summed E-state index contributed by atoms with van der Waals surface area (Å²) in [6, 6.07) is 9.81. The molecule has 3 heterocycles. The number of aromatic amines is 1. The number of carboxylic acids is 1. The van der Waals surface area contributed by atoms with Crippen molar-refractivity contribution in [3.8, 4) is 11.1 Å². The van der Waals surface area contributed by atoms with Crippen molar-refractivity contribution in [1.82, 2.24) is 0 Å². The molecule has 1 aliphatic rings. The van der Waals surface area contributed by atoms with E-state index >= 15 is 0 Å². The van der Waals surface area contributed by atoms with Crippen LogP contribution >= 0.6 is 0 Å². The molecule has 162 valence electrons. The van der Waals surface area contributed by atoms with Crippen LogP contribution in [-0.2, 0) is 4.79 Å². The third kappa shape index (κ3) is 4.07. The molecule has 0 amide bonds. The summed E-state index contributed by atoms with van der Waals surface area (Å²) in [5.74, 6) is -0.441. The van der Waals surface area contributed by atoms with Gasteiger partial charge in [0.15, 0.2) is 11.9 Å². The minimum atomic E-state index is -0.783. The Balaban J connectivity index is 1.82. The minimum absolute atomic E-state index is 0.114. The lowest BCUT2D eigenvalue weighted by atomic mass is 9.79. The number of carbonyl (C=O) groups is 1. The van der Waals surface area contributed by atoms with E-state index in [2.05, 4.69) is 36.7 Å². The molecule has 1 aliphatic heterocycles. The first kappa shape index (κ1) is 21.1. The summed E-state index contributed by atoms with van der Waals surface area (Å²) >= 11 is 0. The largest absolute Gasteiger partial charge is 0.481 e. The topological polar surface area (TPSA) is 84.9 Å². The number of aromatic nitrogens is 1. The summed E-state index contributed by atoms with van der Waals surface area (Å²) in [5.41, 5.74) is 4.66. The third-order valence-corrected chi connectivity index (χ3v) is 6.27. The second-order valence-electron chi connectivity index (χ2n) is 9.22. The van der Waals surface area contributed by atoms with Gasteiger partial charge in [-0.3, -0.25) is 4.79 Å². The van der Waals surface area contributed by atoms with E-state index in [-0.39, 0.29) is 17.6 Å². The zero-order chi connectivity index (χ0) is 22.3. The standard InChI is InChI=1S/C25H28N2O4/c1-15-14-25(3,4)27(9-5-6-23(28)29)21-13-22-18(11-19(15)21)12-20(24(30)31-22)17-7-8-26-16(2)10-17/h7-8,10-13,15H,5-6,9,14H2,1-4H3,(H,28,29)/p+1. The number of aryl methyl sites for hydroxylation is 1. The average Bonchev–Trinajstić information content (AvgIpc) is 2.68. The average molecular weight is 422 g/mol. The van der Waals surface area contributed by atoms with Crippen LogP contribution in [0.2, 0.25) is 0 Å². The summed E-state index contributed by atoms with van der Waals surface area (Å²) in [5, 5.41) is 9.95. The van der Waals surface area contributed by atoms with Crippen molar-refractivity contribution in [2.24, 2.45) is 0 Å². The predicted molar refractivity (Wildman–Crippen MR) is 121 cm³/mol. The number of carboxylic acid groups (broad SMARTS) is 1. The first-order valence-electron chi connectivity index (χ1n) is 10.8. The second-order valence-corrected chi connectivity index (χ2v) is 9.22. The van der Waals surface area contributed by atoms with E-state index in [9.17, 15) is 9.59 Å². The van der Waals surface area contributed by atoms with Gasteiger partial charge in [0.05, 0.1) is 5.56 Å². The number of aliphatic carboxylic acids is 1. The maximum atomic E-state index is 12.8. The van der Waals surface area contributed by atoms with Crippen LogP contribution in [-0.4, -0.2) is 23.2 Å². The van der Waals surface area contributed by atoms with Crippen molar-refractivity contribution in [1.29, 1.82) is 0 Å². The Morgan fingerprint density at radius 2 is 2.06 bits per heavy atom. The minimum Gasteiger partial charge on any atom is -0.481 e. The van der Waals surface area contributed by atoms with E-state index in [1.165, 1.54) is 5.56 Å². The molecule has 0 spiro atoms. The highest BCUT2D eigenvalue weighted by Crippen LogP contribution is 2.45. The normalized spacial score (nSPS) is 17.5. The predicted octanol–water partition coefficient (Wildman–Crippen LogP) is 4.54. The van der Waals surface area contributed by atoms with E-state index in [1.54, 1.807) is 0 Å². The highest BCUT2D eigenvalue weighted by molar-refractivity contribution is 5.87. The van der Waals surface area contributed by atoms with Crippen LogP contribution in [0.3, 0.4) is 0 Å².